The number of anilines is 3. The van der Waals surface area contributed by atoms with E-state index in [1.54, 1.807) is 0 Å². The second-order valence-electron chi connectivity index (χ2n) is 22.7. The van der Waals surface area contributed by atoms with Crippen molar-refractivity contribution in [3.05, 3.63) is 298 Å². The molecule has 2 atom stereocenters. The van der Waals surface area contributed by atoms with Crippen molar-refractivity contribution in [2.75, 3.05) is 17.3 Å². The van der Waals surface area contributed by atoms with Crippen molar-refractivity contribution in [2.45, 2.75) is 75.2 Å². The van der Waals surface area contributed by atoms with Crippen LogP contribution in [0.4, 0.5) is 17.1 Å². The van der Waals surface area contributed by atoms with Crippen molar-refractivity contribution in [3.8, 4) is 33.4 Å². The summed E-state index contributed by atoms with van der Waals surface area (Å²) in [5.41, 5.74) is 26.2. The Balaban J connectivity index is 0.950. The molecular weight excluding hydrogens is 917 g/mol. The van der Waals surface area contributed by atoms with Crippen LogP contribution in [0.2, 0.25) is 0 Å². The number of rotatable bonds is 10. The zero-order valence-corrected chi connectivity index (χ0v) is 43.9. The topological polar surface area (TPSA) is 15.3 Å². The molecule has 1 fully saturated rings. The lowest BCUT2D eigenvalue weighted by Gasteiger charge is -2.41. The van der Waals surface area contributed by atoms with Gasteiger partial charge in [0, 0.05) is 46.4 Å². The second-order valence-corrected chi connectivity index (χ2v) is 22.7. The van der Waals surface area contributed by atoms with Gasteiger partial charge in [0.05, 0.1) is 11.5 Å². The van der Waals surface area contributed by atoms with E-state index in [0.29, 0.717) is 0 Å². The molecule has 1 spiro atoms. The van der Waals surface area contributed by atoms with Crippen molar-refractivity contribution >= 4 is 22.6 Å². The average Bonchev–Trinajstić information content (AvgIpc) is 4.43. The van der Waals surface area contributed by atoms with E-state index in [9.17, 15) is 0 Å². The normalized spacial score (nSPS) is 19.9. The molecule has 6 aliphatic rings. The molecule has 76 heavy (non-hydrogen) atoms. The molecule has 1 saturated carbocycles. The Morgan fingerprint density at radius 2 is 1.17 bits per heavy atom. The third-order valence-corrected chi connectivity index (χ3v) is 18.1. The first kappa shape index (κ1) is 46.3. The van der Waals surface area contributed by atoms with Gasteiger partial charge in [-0.2, -0.15) is 0 Å². The Labute approximate surface area is 449 Å². The number of nitrogens with one attached hydrogen (secondary N) is 1. The van der Waals surface area contributed by atoms with Gasteiger partial charge in [-0.3, -0.25) is 0 Å². The van der Waals surface area contributed by atoms with E-state index >= 15 is 0 Å². The minimum Gasteiger partial charge on any atom is -0.388 e. The lowest BCUT2D eigenvalue weighted by Crippen LogP contribution is -2.37. The Kier molecular flexibility index (Phi) is 11.1. The monoisotopic (exact) mass is 981 g/mol. The van der Waals surface area contributed by atoms with Gasteiger partial charge in [0.2, 0.25) is 0 Å². The van der Waals surface area contributed by atoms with E-state index in [-0.39, 0.29) is 22.8 Å². The van der Waals surface area contributed by atoms with Crippen LogP contribution in [-0.4, -0.2) is 13.1 Å². The maximum atomic E-state index is 3.60. The first-order valence-electron chi connectivity index (χ1n) is 27.8. The molecule has 8 aromatic rings. The summed E-state index contributed by atoms with van der Waals surface area (Å²) in [5, 5.41) is 3.60. The van der Waals surface area contributed by atoms with E-state index < -0.39 is 5.41 Å². The molecule has 370 valence electrons. The number of hydrogen-bond donors (Lipinski definition) is 1. The first-order valence-corrected chi connectivity index (χ1v) is 27.8. The summed E-state index contributed by atoms with van der Waals surface area (Å²) in [6, 6.07) is 76.2. The molecular formula is C74H64N2. The van der Waals surface area contributed by atoms with Gasteiger partial charge >= 0.3 is 0 Å². The first-order chi connectivity index (χ1) is 37.3. The molecule has 6 aliphatic carbocycles. The highest BCUT2D eigenvalue weighted by atomic mass is 15.2. The summed E-state index contributed by atoms with van der Waals surface area (Å²) in [6.45, 7) is 4.57. The van der Waals surface area contributed by atoms with Gasteiger partial charge < -0.3 is 10.2 Å². The van der Waals surface area contributed by atoms with Crippen molar-refractivity contribution < 1.29 is 0 Å². The average molecular weight is 981 g/mol. The van der Waals surface area contributed by atoms with Gasteiger partial charge in [0.1, 0.15) is 0 Å². The van der Waals surface area contributed by atoms with Crippen LogP contribution in [0.5, 0.6) is 0 Å². The quantitative estimate of drug-likeness (QED) is 0.147. The van der Waals surface area contributed by atoms with E-state index in [1.165, 1.54) is 132 Å². The fraction of sp³-hybridized carbons (Fsp3) is 0.189. The zero-order chi connectivity index (χ0) is 51.0. The molecule has 0 aliphatic heterocycles. The van der Waals surface area contributed by atoms with Crippen LogP contribution in [0.15, 0.2) is 265 Å². The number of benzene rings is 8. The molecule has 0 saturated heterocycles. The lowest BCUT2D eigenvalue weighted by atomic mass is 9.63. The van der Waals surface area contributed by atoms with Crippen molar-refractivity contribution in [1.29, 1.82) is 0 Å². The van der Waals surface area contributed by atoms with Gasteiger partial charge in [-0.1, -0.05) is 233 Å². The summed E-state index contributed by atoms with van der Waals surface area (Å²) in [4.78, 5) is 2.68. The molecule has 1 N–H and O–H groups in total. The van der Waals surface area contributed by atoms with Crippen LogP contribution in [0.25, 0.3) is 39.0 Å². The predicted octanol–water partition coefficient (Wildman–Crippen LogP) is 18.7. The van der Waals surface area contributed by atoms with Crippen LogP contribution < -0.4 is 10.2 Å². The van der Waals surface area contributed by atoms with Gasteiger partial charge in [-0.25, -0.2) is 0 Å². The number of hydrogen-bond acceptors (Lipinski definition) is 2. The zero-order valence-electron chi connectivity index (χ0n) is 43.9. The van der Waals surface area contributed by atoms with E-state index in [2.05, 4.69) is 274 Å². The summed E-state index contributed by atoms with van der Waals surface area (Å²) < 4.78 is 0. The van der Waals surface area contributed by atoms with Gasteiger partial charge in [0.15, 0.2) is 0 Å². The maximum absolute atomic E-state index is 3.60. The molecule has 0 aromatic heterocycles. The molecule has 0 radical (unpaired) electrons. The molecule has 2 unspecified atom stereocenters. The summed E-state index contributed by atoms with van der Waals surface area (Å²) in [7, 11) is 2.06. The summed E-state index contributed by atoms with van der Waals surface area (Å²) >= 11 is 0. The molecule has 8 aromatic carbocycles. The largest absolute Gasteiger partial charge is 0.388 e. The maximum Gasteiger partial charge on any atom is 0.0674 e. The predicted molar refractivity (Wildman–Crippen MR) is 319 cm³/mol. The van der Waals surface area contributed by atoms with Gasteiger partial charge in [-0.05, 0) is 151 Å². The summed E-state index contributed by atoms with van der Waals surface area (Å²) in [6.07, 6.45) is 23.8. The minimum absolute atomic E-state index is 0.0235. The molecule has 0 amide bonds. The smallest absolute Gasteiger partial charge is 0.0674 e. The third-order valence-electron chi connectivity index (χ3n) is 18.1. The third kappa shape index (κ3) is 7.28. The minimum atomic E-state index is -0.527. The summed E-state index contributed by atoms with van der Waals surface area (Å²) in [5.74, 6) is 0.122. The molecule has 2 heteroatoms. The number of nitrogens with zero attached hydrogens (tertiary/aromatic N) is 1. The fourth-order valence-corrected chi connectivity index (χ4v) is 14.8. The van der Waals surface area contributed by atoms with Crippen molar-refractivity contribution in [1.82, 2.24) is 0 Å². The van der Waals surface area contributed by atoms with Crippen molar-refractivity contribution in [2.24, 2.45) is 5.41 Å². The highest BCUT2D eigenvalue weighted by Gasteiger charge is 2.52. The van der Waals surface area contributed by atoms with Crippen LogP contribution in [0.3, 0.4) is 0 Å². The van der Waals surface area contributed by atoms with Crippen molar-refractivity contribution in [3.63, 3.8) is 0 Å². The Hall–Kier alpha value is -8.20. The highest BCUT2D eigenvalue weighted by molar-refractivity contribution is 5.89. The van der Waals surface area contributed by atoms with E-state index in [1.807, 2.05) is 0 Å². The van der Waals surface area contributed by atoms with Gasteiger partial charge in [0.25, 0.3) is 0 Å². The Morgan fingerprint density at radius 1 is 0.539 bits per heavy atom. The Morgan fingerprint density at radius 3 is 1.88 bits per heavy atom. The fourth-order valence-electron chi connectivity index (χ4n) is 14.8. The SMILES string of the molecule is CNc1ccc(C2=CC(C)(C)C=C2)cc1-c1ccccc1C1CC=CC2=C1C1=C(CC(N(c3ccc(-c4ccccc4)cc3)c3ccc4c(c3)C3(CCCC3)c3ccccc3-4)C=C1)C2(c1ccccc1)c1ccccc1. The molecule has 0 heterocycles. The molecule has 14 rings (SSSR count). The van der Waals surface area contributed by atoms with Crippen LogP contribution in [-0.2, 0) is 10.8 Å². The second kappa shape index (κ2) is 18.3. The Bertz CT molecular complexity index is 3720. The highest BCUT2D eigenvalue weighted by Crippen LogP contribution is 2.63. The standard InChI is InChI=1S/C74H64N2/c1-72(2)45-42-53(49-72)52-34-41-70(75-3)65(46-52)60-27-14-13-26-59(60)63-29-19-31-67-71(63)64-40-38-58(48-69(64)74(67,54-22-9-5-10-23-54)55-24-11-6-12-25-55)76(56-35-32-51(33-36-56)50-20-7-4-8-21-50)57-37-39-62-61-28-15-16-30-66(61)73(68(62)47-57)43-17-18-44-73/h4-16,19-28,30-42,45-47,49,58,63,75H,17-18,29,43-44,48H2,1-3H3. The van der Waals surface area contributed by atoms with Crippen LogP contribution in [0, 0.1) is 5.41 Å². The lowest BCUT2D eigenvalue weighted by molar-refractivity contribution is 0.549. The molecule has 0 bridgehead atoms. The number of allylic oxidation sites excluding steroid dienone is 10. The molecule has 2 nitrogen and oxygen atoms in total. The van der Waals surface area contributed by atoms with Crippen LogP contribution in [0.1, 0.15) is 91.7 Å². The number of fused-ring (bicyclic) bond motifs is 6. The van der Waals surface area contributed by atoms with E-state index in [4.69, 9.17) is 0 Å². The van der Waals surface area contributed by atoms with Crippen LogP contribution >= 0.6 is 0 Å². The van der Waals surface area contributed by atoms with Gasteiger partial charge in [-0.15, -0.1) is 0 Å². The van der Waals surface area contributed by atoms with E-state index in [0.717, 1.165) is 18.5 Å².